The zero-order valence-corrected chi connectivity index (χ0v) is 16.7. The number of hydrogen-bond donors (Lipinski definition) is 1. The van der Waals surface area contributed by atoms with Crippen LogP contribution in [0.3, 0.4) is 0 Å². The second-order valence-corrected chi connectivity index (χ2v) is 7.26. The van der Waals surface area contributed by atoms with E-state index in [4.69, 9.17) is 0 Å². The van der Waals surface area contributed by atoms with Crippen LogP contribution in [0.4, 0.5) is 0 Å². The smallest absolute Gasteiger partial charge is 0.297 e. The fraction of sp³-hybridized carbons (Fsp3) is 0.474. The molecule has 0 saturated heterocycles. The van der Waals surface area contributed by atoms with Crippen molar-refractivity contribution < 1.29 is 14.8 Å². The highest BCUT2D eigenvalue weighted by Crippen LogP contribution is 2.21. The summed E-state index contributed by atoms with van der Waals surface area (Å²) in [4.78, 5) is 30.7. The molecule has 1 N–H and O–H groups in total. The summed E-state index contributed by atoms with van der Waals surface area (Å²) in [6.45, 7) is 10.8. The molecule has 0 aliphatic heterocycles. The second kappa shape index (κ2) is 7.77. The van der Waals surface area contributed by atoms with Gasteiger partial charge in [-0.3, -0.25) is 14.3 Å². The van der Waals surface area contributed by atoms with Crippen molar-refractivity contribution >= 4 is 11.8 Å². The number of aromatic nitrogens is 3. The summed E-state index contributed by atoms with van der Waals surface area (Å²) in [7, 11) is 1.67. The number of nitrogens with zero attached hydrogens (tertiary/aromatic N) is 5. The molecule has 2 amide bonds. The SMILES string of the molecule is CCN(CC)C(=O)c1cccc(=NC(=O)c2cc(C(C)(C)C)nn2C)n1O. The van der Waals surface area contributed by atoms with Crippen LogP contribution < -0.4 is 5.49 Å². The third kappa shape index (κ3) is 4.27. The molecule has 8 nitrogen and oxygen atoms in total. The topological polar surface area (TPSA) is 92.7 Å². The normalized spacial score (nSPS) is 12.3. The van der Waals surface area contributed by atoms with Gasteiger partial charge in [-0.1, -0.05) is 26.8 Å². The lowest BCUT2D eigenvalue weighted by atomic mass is 9.92. The van der Waals surface area contributed by atoms with Crippen molar-refractivity contribution in [3.05, 3.63) is 46.8 Å². The Morgan fingerprint density at radius 1 is 1.19 bits per heavy atom. The fourth-order valence-electron chi connectivity index (χ4n) is 2.60. The van der Waals surface area contributed by atoms with Crippen molar-refractivity contribution in [3.63, 3.8) is 0 Å². The summed E-state index contributed by atoms with van der Waals surface area (Å²) in [6, 6.07) is 6.24. The summed E-state index contributed by atoms with van der Waals surface area (Å²) >= 11 is 0. The lowest BCUT2D eigenvalue weighted by molar-refractivity contribution is 0.0706. The molecule has 146 valence electrons. The van der Waals surface area contributed by atoms with E-state index in [9.17, 15) is 14.8 Å². The third-order valence-electron chi connectivity index (χ3n) is 4.30. The van der Waals surface area contributed by atoms with Crippen LogP contribution in [-0.2, 0) is 12.5 Å². The molecule has 2 rings (SSSR count). The van der Waals surface area contributed by atoms with Gasteiger partial charge in [0.15, 0.2) is 5.49 Å². The van der Waals surface area contributed by atoms with Gasteiger partial charge in [-0.2, -0.15) is 14.8 Å². The first-order valence-electron chi connectivity index (χ1n) is 8.94. The highest BCUT2D eigenvalue weighted by Gasteiger charge is 2.22. The minimum atomic E-state index is -0.546. The maximum Gasteiger partial charge on any atom is 0.297 e. The lowest BCUT2D eigenvalue weighted by Gasteiger charge is -2.19. The van der Waals surface area contributed by atoms with Crippen LogP contribution in [0.2, 0.25) is 0 Å². The van der Waals surface area contributed by atoms with Crippen molar-refractivity contribution in [1.82, 2.24) is 19.4 Å². The Labute approximate surface area is 158 Å². The molecule has 0 aromatic carbocycles. The molecule has 0 fully saturated rings. The van der Waals surface area contributed by atoms with Gasteiger partial charge < -0.3 is 10.1 Å². The predicted molar refractivity (Wildman–Crippen MR) is 101 cm³/mol. The number of aryl methyl sites for hydroxylation is 1. The van der Waals surface area contributed by atoms with Crippen LogP contribution >= 0.6 is 0 Å². The molecular formula is C19H27N5O3. The molecule has 0 unspecified atom stereocenters. The maximum atomic E-state index is 12.6. The van der Waals surface area contributed by atoms with Crippen LogP contribution in [0.5, 0.6) is 0 Å². The number of pyridine rings is 1. The van der Waals surface area contributed by atoms with E-state index in [-0.39, 0.29) is 22.5 Å². The molecule has 0 atom stereocenters. The van der Waals surface area contributed by atoms with Crippen molar-refractivity contribution in [2.24, 2.45) is 12.0 Å². The zero-order chi connectivity index (χ0) is 20.4. The molecule has 2 heterocycles. The van der Waals surface area contributed by atoms with Gasteiger partial charge in [-0.05, 0) is 32.0 Å². The number of hydrogen-bond acceptors (Lipinski definition) is 4. The first kappa shape index (κ1) is 20.4. The predicted octanol–water partition coefficient (Wildman–Crippen LogP) is 1.98. The molecule has 8 heteroatoms. The van der Waals surface area contributed by atoms with Crippen LogP contribution in [0.25, 0.3) is 0 Å². The quantitative estimate of drug-likeness (QED) is 0.830. The standard InChI is InChI=1S/C19H27N5O3/c1-7-23(8-2)18(26)13-10-9-11-16(24(13)27)20-17(25)14-12-15(19(3,4)5)21-22(14)6/h9-12,27H,7-8H2,1-6H3. The summed E-state index contributed by atoms with van der Waals surface area (Å²) in [5, 5.41) is 14.8. The Balaban J connectivity index is 2.46. The average Bonchev–Trinajstić information content (AvgIpc) is 3.00. The van der Waals surface area contributed by atoms with E-state index in [1.165, 1.54) is 16.8 Å². The number of carbonyl (C=O) groups excluding carboxylic acids is 2. The molecule has 0 aliphatic carbocycles. The van der Waals surface area contributed by atoms with Gasteiger partial charge in [0.1, 0.15) is 11.4 Å². The Hall–Kier alpha value is -2.90. The largest absolute Gasteiger partial charge is 0.426 e. The first-order valence-corrected chi connectivity index (χ1v) is 8.94. The Morgan fingerprint density at radius 3 is 2.33 bits per heavy atom. The molecule has 0 saturated carbocycles. The molecule has 0 aliphatic rings. The van der Waals surface area contributed by atoms with Crippen molar-refractivity contribution in [2.75, 3.05) is 13.1 Å². The van der Waals surface area contributed by atoms with E-state index in [0.29, 0.717) is 23.5 Å². The van der Waals surface area contributed by atoms with Gasteiger partial charge in [-0.25, -0.2) is 0 Å². The number of amides is 2. The number of carbonyl (C=O) groups is 2. The molecule has 2 aromatic heterocycles. The van der Waals surface area contributed by atoms with E-state index in [2.05, 4.69) is 10.1 Å². The molecule has 27 heavy (non-hydrogen) atoms. The Morgan fingerprint density at radius 2 is 1.81 bits per heavy atom. The van der Waals surface area contributed by atoms with Gasteiger partial charge in [0.05, 0.1) is 5.69 Å². The average molecular weight is 373 g/mol. The van der Waals surface area contributed by atoms with E-state index < -0.39 is 5.91 Å². The van der Waals surface area contributed by atoms with Crippen LogP contribution in [0.15, 0.2) is 29.3 Å². The van der Waals surface area contributed by atoms with Gasteiger partial charge in [-0.15, -0.1) is 0 Å². The molecular weight excluding hydrogens is 346 g/mol. The summed E-state index contributed by atoms with van der Waals surface area (Å²) < 4.78 is 2.12. The van der Waals surface area contributed by atoms with Crippen molar-refractivity contribution in [2.45, 2.75) is 40.0 Å². The lowest BCUT2D eigenvalue weighted by Crippen LogP contribution is -2.35. The Kier molecular flexibility index (Phi) is 5.88. The van der Waals surface area contributed by atoms with E-state index in [1.54, 1.807) is 24.1 Å². The van der Waals surface area contributed by atoms with Gasteiger partial charge in [0, 0.05) is 25.6 Å². The number of rotatable bonds is 4. The van der Waals surface area contributed by atoms with E-state index in [0.717, 1.165) is 5.69 Å². The third-order valence-corrected chi connectivity index (χ3v) is 4.30. The van der Waals surface area contributed by atoms with Gasteiger partial charge in [0.25, 0.3) is 11.8 Å². The highest BCUT2D eigenvalue weighted by atomic mass is 16.5. The van der Waals surface area contributed by atoms with Gasteiger partial charge in [0.2, 0.25) is 0 Å². The molecule has 0 bridgehead atoms. The van der Waals surface area contributed by atoms with E-state index >= 15 is 0 Å². The van der Waals surface area contributed by atoms with Crippen LogP contribution in [0.1, 0.15) is 61.3 Å². The van der Waals surface area contributed by atoms with Crippen molar-refractivity contribution in [1.29, 1.82) is 0 Å². The monoisotopic (exact) mass is 373 g/mol. The summed E-state index contributed by atoms with van der Waals surface area (Å²) in [5.41, 5.74) is 0.902. The fourth-order valence-corrected chi connectivity index (χ4v) is 2.60. The molecule has 0 radical (unpaired) electrons. The highest BCUT2D eigenvalue weighted by molar-refractivity contribution is 5.94. The minimum Gasteiger partial charge on any atom is -0.426 e. The molecule has 2 aromatic rings. The maximum absolute atomic E-state index is 12.6. The summed E-state index contributed by atoms with van der Waals surface area (Å²) in [6.07, 6.45) is 0. The minimum absolute atomic E-state index is 0.0171. The Bertz CT molecular complexity index is 914. The van der Waals surface area contributed by atoms with Gasteiger partial charge >= 0.3 is 0 Å². The zero-order valence-electron chi connectivity index (χ0n) is 16.7. The second-order valence-electron chi connectivity index (χ2n) is 7.26. The van der Waals surface area contributed by atoms with Crippen molar-refractivity contribution in [3.8, 4) is 0 Å². The van der Waals surface area contributed by atoms with Crippen LogP contribution in [-0.4, -0.2) is 49.5 Å². The van der Waals surface area contributed by atoms with E-state index in [1.807, 2.05) is 34.6 Å². The molecule has 0 spiro atoms. The summed E-state index contributed by atoms with van der Waals surface area (Å²) in [5.74, 6) is -0.877. The first-order chi connectivity index (χ1) is 12.6. The van der Waals surface area contributed by atoms with Crippen LogP contribution in [0, 0.1) is 0 Å².